The molecule has 96 valence electrons. The molecule has 0 spiro atoms. The SMILES string of the molecule is Cc1cc(CN(C)Cc2cc(Cl)ccc2N)no1. The fourth-order valence-corrected chi connectivity index (χ4v) is 2.02. The van der Waals surface area contributed by atoms with Crippen molar-refractivity contribution < 1.29 is 4.52 Å². The summed E-state index contributed by atoms with van der Waals surface area (Å²) in [5.74, 6) is 0.820. The molecule has 0 unspecified atom stereocenters. The van der Waals surface area contributed by atoms with Crippen LogP contribution in [0.4, 0.5) is 5.69 Å². The third-order valence-electron chi connectivity index (χ3n) is 2.65. The highest BCUT2D eigenvalue weighted by Crippen LogP contribution is 2.19. The van der Waals surface area contributed by atoms with E-state index >= 15 is 0 Å². The monoisotopic (exact) mass is 265 g/mol. The molecule has 0 aliphatic heterocycles. The van der Waals surface area contributed by atoms with Gasteiger partial charge in [-0.3, -0.25) is 4.90 Å². The van der Waals surface area contributed by atoms with Crippen LogP contribution in [0.2, 0.25) is 5.02 Å². The molecule has 4 nitrogen and oxygen atoms in total. The molecule has 2 N–H and O–H groups in total. The van der Waals surface area contributed by atoms with E-state index in [1.54, 1.807) is 6.07 Å². The summed E-state index contributed by atoms with van der Waals surface area (Å²) in [6, 6.07) is 7.44. The molecule has 0 aliphatic carbocycles. The smallest absolute Gasteiger partial charge is 0.133 e. The van der Waals surface area contributed by atoms with Crippen LogP contribution in [0, 0.1) is 6.92 Å². The van der Waals surface area contributed by atoms with Crippen molar-refractivity contribution in [2.45, 2.75) is 20.0 Å². The number of aryl methyl sites for hydroxylation is 1. The van der Waals surface area contributed by atoms with Crippen molar-refractivity contribution in [1.82, 2.24) is 10.1 Å². The third-order valence-corrected chi connectivity index (χ3v) is 2.89. The number of nitrogen functional groups attached to an aromatic ring is 1. The average molecular weight is 266 g/mol. The Morgan fingerprint density at radius 1 is 1.33 bits per heavy atom. The second kappa shape index (κ2) is 5.42. The van der Waals surface area contributed by atoms with Gasteiger partial charge in [-0.2, -0.15) is 0 Å². The fraction of sp³-hybridized carbons (Fsp3) is 0.308. The van der Waals surface area contributed by atoms with Crippen LogP contribution in [0.5, 0.6) is 0 Å². The van der Waals surface area contributed by atoms with Crippen LogP contribution >= 0.6 is 11.6 Å². The molecular weight excluding hydrogens is 250 g/mol. The van der Waals surface area contributed by atoms with Gasteiger partial charge in [-0.1, -0.05) is 16.8 Å². The molecule has 0 bridgehead atoms. The van der Waals surface area contributed by atoms with E-state index in [0.29, 0.717) is 11.6 Å². The lowest BCUT2D eigenvalue weighted by molar-refractivity contribution is 0.302. The van der Waals surface area contributed by atoms with E-state index in [-0.39, 0.29) is 0 Å². The van der Waals surface area contributed by atoms with Crippen LogP contribution < -0.4 is 5.73 Å². The van der Waals surface area contributed by atoms with Gasteiger partial charge >= 0.3 is 0 Å². The third kappa shape index (κ3) is 3.24. The molecule has 0 fully saturated rings. The van der Waals surface area contributed by atoms with Crippen molar-refractivity contribution in [3.63, 3.8) is 0 Å². The summed E-state index contributed by atoms with van der Waals surface area (Å²) < 4.78 is 5.04. The van der Waals surface area contributed by atoms with Crippen molar-refractivity contribution in [2.75, 3.05) is 12.8 Å². The standard InChI is InChI=1S/C13H16ClN3O/c1-9-5-12(16-18-9)8-17(2)7-10-6-11(14)3-4-13(10)15/h3-6H,7-8,15H2,1-2H3. The van der Waals surface area contributed by atoms with Gasteiger partial charge in [0.1, 0.15) is 5.76 Å². The zero-order valence-corrected chi connectivity index (χ0v) is 11.2. The number of halogens is 1. The van der Waals surface area contributed by atoms with Crippen LogP contribution in [0.15, 0.2) is 28.8 Å². The van der Waals surface area contributed by atoms with Crippen molar-refractivity contribution >= 4 is 17.3 Å². The number of aromatic nitrogens is 1. The summed E-state index contributed by atoms with van der Waals surface area (Å²) in [7, 11) is 2.00. The van der Waals surface area contributed by atoms with Gasteiger partial charge in [-0.15, -0.1) is 0 Å². The van der Waals surface area contributed by atoms with E-state index in [9.17, 15) is 0 Å². The topological polar surface area (TPSA) is 55.3 Å². The van der Waals surface area contributed by atoms with E-state index in [1.165, 1.54) is 0 Å². The largest absolute Gasteiger partial charge is 0.398 e. The summed E-state index contributed by atoms with van der Waals surface area (Å²) in [6.45, 7) is 3.31. The predicted octanol–water partition coefficient (Wildman–Crippen LogP) is 2.85. The molecule has 0 amide bonds. The van der Waals surface area contributed by atoms with Crippen LogP contribution in [0.25, 0.3) is 0 Å². The molecule has 0 radical (unpaired) electrons. The van der Waals surface area contributed by atoms with E-state index in [4.69, 9.17) is 21.9 Å². The number of hydrogen-bond donors (Lipinski definition) is 1. The highest BCUT2D eigenvalue weighted by Gasteiger charge is 2.08. The molecule has 5 heteroatoms. The first-order valence-corrected chi connectivity index (χ1v) is 6.07. The van der Waals surface area contributed by atoms with Crippen LogP contribution in [-0.2, 0) is 13.1 Å². The zero-order chi connectivity index (χ0) is 13.1. The van der Waals surface area contributed by atoms with Gasteiger partial charge in [0.15, 0.2) is 0 Å². The average Bonchev–Trinajstić information content (AvgIpc) is 2.69. The van der Waals surface area contributed by atoms with E-state index < -0.39 is 0 Å². The molecule has 1 aromatic heterocycles. The maximum Gasteiger partial charge on any atom is 0.133 e. The molecule has 0 saturated carbocycles. The van der Waals surface area contributed by atoms with E-state index in [1.807, 2.05) is 32.2 Å². The summed E-state index contributed by atoms with van der Waals surface area (Å²) in [5.41, 5.74) is 8.60. The summed E-state index contributed by atoms with van der Waals surface area (Å²) in [4.78, 5) is 2.11. The first-order valence-electron chi connectivity index (χ1n) is 5.69. The Kier molecular flexibility index (Phi) is 3.89. The quantitative estimate of drug-likeness (QED) is 0.864. The summed E-state index contributed by atoms with van der Waals surface area (Å²) >= 11 is 5.96. The number of nitrogens with zero attached hydrogens (tertiary/aromatic N) is 2. The van der Waals surface area contributed by atoms with Crippen LogP contribution in [-0.4, -0.2) is 17.1 Å². The number of hydrogen-bond acceptors (Lipinski definition) is 4. The lowest BCUT2D eigenvalue weighted by Crippen LogP contribution is -2.18. The normalized spacial score (nSPS) is 11.1. The van der Waals surface area contributed by atoms with Crippen LogP contribution in [0.1, 0.15) is 17.0 Å². The lowest BCUT2D eigenvalue weighted by atomic mass is 10.1. The molecular formula is C13H16ClN3O. The molecule has 1 heterocycles. The number of nitrogens with two attached hydrogens (primary N) is 1. The Balaban J connectivity index is 2.02. The highest BCUT2D eigenvalue weighted by atomic mass is 35.5. The second-order valence-corrected chi connectivity index (χ2v) is 4.88. The Bertz CT molecular complexity index is 539. The minimum Gasteiger partial charge on any atom is -0.398 e. The predicted molar refractivity (Wildman–Crippen MR) is 72.3 cm³/mol. The number of rotatable bonds is 4. The summed E-state index contributed by atoms with van der Waals surface area (Å²) in [5, 5.41) is 4.66. The Morgan fingerprint density at radius 3 is 2.78 bits per heavy atom. The number of benzene rings is 1. The lowest BCUT2D eigenvalue weighted by Gasteiger charge is -2.16. The number of anilines is 1. The molecule has 0 saturated heterocycles. The molecule has 18 heavy (non-hydrogen) atoms. The Morgan fingerprint density at radius 2 is 2.11 bits per heavy atom. The molecule has 1 aromatic carbocycles. The van der Waals surface area contributed by atoms with Crippen molar-refractivity contribution in [3.8, 4) is 0 Å². The van der Waals surface area contributed by atoms with Gasteiger partial charge in [0.05, 0.1) is 5.69 Å². The molecule has 2 rings (SSSR count). The van der Waals surface area contributed by atoms with Gasteiger partial charge < -0.3 is 10.3 Å². The highest BCUT2D eigenvalue weighted by molar-refractivity contribution is 6.30. The van der Waals surface area contributed by atoms with Gasteiger partial charge in [0.25, 0.3) is 0 Å². The first-order chi connectivity index (χ1) is 8.54. The molecule has 0 atom stereocenters. The van der Waals surface area contributed by atoms with Gasteiger partial charge in [-0.05, 0) is 37.7 Å². The summed E-state index contributed by atoms with van der Waals surface area (Å²) in [6.07, 6.45) is 0. The van der Waals surface area contributed by atoms with Crippen molar-refractivity contribution in [3.05, 3.63) is 46.3 Å². The van der Waals surface area contributed by atoms with Crippen molar-refractivity contribution in [1.29, 1.82) is 0 Å². The van der Waals surface area contributed by atoms with Crippen LogP contribution in [0.3, 0.4) is 0 Å². The van der Waals surface area contributed by atoms with E-state index in [0.717, 1.165) is 29.2 Å². The Hall–Kier alpha value is -1.52. The maximum absolute atomic E-state index is 5.96. The minimum absolute atomic E-state index is 0.699. The first kappa shape index (κ1) is 12.9. The molecule has 0 aliphatic rings. The fourth-order valence-electron chi connectivity index (χ4n) is 1.83. The van der Waals surface area contributed by atoms with Crippen molar-refractivity contribution in [2.24, 2.45) is 0 Å². The maximum atomic E-state index is 5.96. The van der Waals surface area contributed by atoms with Gasteiger partial charge in [0.2, 0.25) is 0 Å². The van der Waals surface area contributed by atoms with Gasteiger partial charge in [-0.25, -0.2) is 0 Å². The Labute approximate surface area is 111 Å². The zero-order valence-electron chi connectivity index (χ0n) is 10.5. The second-order valence-electron chi connectivity index (χ2n) is 4.44. The molecule has 2 aromatic rings. The van der Waals surface area contributed by atoms with Gasteiger partial charge in [0, 0.05) is 29.9 Å². The minimum atomic E-state index is 0.699. The van der Waals surface area contributed by atoms with E-state index in [2.05, 4.69) is 10.1 Å².